The Morgan fingerprint density at radius 2 is 2.07 bits per heavy atom. The summed E-state index contributed by atoms with van der Waals surface area (Å²) in [5.41, 5.74) is 1.05. The van der Waals surface area contributed by atoms with Crippen LogP contribution in [0.5, 0.6) is 0 Å². The standard InChI is InChI=1S/C10H19N3S/c1-6-7-10(11-3)12-14-8-9(2)13(4)5/h2-3,6-8H2,1,4-5H3. The van der Waals surface area contributed by atoms with E-state index in [1.165, 1.54) is 11.9 Å². The van der Waals surface area contributed by atoms with Gasteiger partial charge in [-0.05, 0) is 25.1 Å². The lowest BCUT2D eigenvalue weighted by atomic mass is 10.3. The number of rotatable bonds is 6. The topological polar surface area (TPSA) is 28.0 Å². The lowest BCUT2D eigenvalue weighted by molar-refractivity contribution is 0.519. The first-order valence-corrected chi connectivity index (χ1v) is 5.56. The molecule has 0 aromatic heterocycles. The van der Waals surface area contributed by atoms with E-state index in [1.54, 1.807) is 0 Å². The minimum absolute atomic E-state index is 0.801. The highest BCUT2D eigenvalue weighted by Gasteiger charge is 1.97. The molecule has 0 aliphatic rings. The second-order valence-electron chi connectivity index (χ2n) is 3.15. The van der Waals surface area contributed by atoms with E-state index < -0.39 is 0 Å². The summed E-state index contributed by atoms with van der Waals surface area (Å²) in [6.07, 6.45) is 1.94. The average molecular weight is 213 g/mol. The van der Waals surface area contributed by atoms with Crippen LogP contribution in [0.1, 0.15) is 19.8 Å². The number of hydrogen-bond donors (Lipinski definition) is 0. The van der Waals surface area contributed by atoms with Crippen LogP contribution in [0.2, 0.25) is 0 Å². The first kappa shape index (κ1) is 13.2. The van der Waals surface area contributed by atoms with Gasteiger partial charge in [0.05, 0.1) is 5.75 Å². The van der Waals surface area contributed by atoms with Gasteiger partial charge < -0.3 is 4.90 Å². The van der Waals surface area contributed by atoms with Gasteiger partial charge in [0.15, 0.2) is 0 Å². The molecule has 80 valence electrons. The van der Waals surface area contributed by atoms with Crippen molar-refractivity contribution in [3.05, 3.63) is 12.3 Å². The highest BCUT2D eigenvalue weighted by molar-refractivity contribution is 7.98. The molecule has 0 atom stereocenters. The van der Waals surface area contributed by atoms with Crippen LogP contribution < -0.4 is 0 Å². The molecule has 0 N–H and O–H groups in total. The SMILES string of the molecule is C=NC(CCC)=NSCC(=C)N(C)C. The first-order valence-electron chi connectivity index (χ1n) is 4.62. The third kappa shape index (κ3) is 5.80. The normalized spacial score (nSPS) is 11.2. The molecular weight excluding hydrogens is 194 g/mol. The fraction of sp³-hybridized carbons (Fsp3) is 0.600. The molecule has 0 fully saturated rings. The summed E-state index contributed by atoms with van der Waals surface area (Å²) in [6.45, 7) is 9.50. The summed E-state index contributed by atoms with van der Waals surface area (Å²) in [5.74, 6) is 1.62. The second kappa shape index (κ2) is 7.62. The van der Waals surface area contributed by atoms with Crippen LogP contribution in [0.3, 0.4) is 0 Å². The van der Waals surface area contributed by atoms with Gasteiger partial charge in [0.2, 0.25) is 0 Å². The van der Waals surface area contributed by atoms with Crippen LogP contribution >= 0.6 is 11.9 Å². The van der Waals surface area contributed by atoms with Crippen molar-refractivity contribution in [3.63, 3.8) is 0 Å². The van der Waals surface area contributed by atoms with Crippen LogP contribution in [-0.2, 0) is 0 Å². The molecule has 0 aliphatic carbocycles. The van der Waals surface area contributed by atoms with Gasteiger partial charge in [0.1, 0.15) is 5.84 Å². The first-order chi connectivity index (χ1) is 6.61. The highest BCUT2D eigenvalue weighted by Crippen LogP contribution is 2.11. The van der Waals surface area contributed by atoms with Crippen molar-refractivity contribution >= 4 is 24.5 Å². The fourth-order valence-corrected chi connectivity index (χ4v) is 1.46. The predicted molar refractivity (Wildman–Crippen MR) is 67.2 cm³/mol. The van der Waals surface area contributed by atoms with Crippen molar-refractivity contribution < 1.29 is 0 Å². The number of aliphatic imine (C=N–C) groups is 1. The molecule has 0 spiro atoms. The van der Waals surface area contributed by atoms with Crippen molar-refractivity contribution in [3.8, 4) is 0 Å². The Morgan fingerprint density at radius 1 is 1.43 bits per heavy atom. The molecule has 0 aromatic carbocycles. The van der Waals surface area contributed by atoms with Gasteiger partial charge in [-0.3, -0.25) is 0 Å². The van der Waals surface area contributed by atoms with Crippen molar-refractivity contribution in [2.24, 2.45) is 9.39 Å². The largest absolute Gasteiger partial charge is 0.381 e. The van der Waals surface area contributed by atoms with Gasteiger partial charge in [0, 0.05) is 26.2 Å². The molecule has 0 aliphatic heterocycles. The number of hydrogen-bond acceptors (Lipinski definition) is 3. The fourth-order valence-electron chi connectivity index (χ4n) is 0.688. The van der Waals surface area contributed by atoms with E-state index in [0.717, 1.165) is 30.1 Å². The van der Waals surface area contributed by atoms with Gasteiger partial charge in [-0.25, -0.2) is 9.39 Å². The Kier molecular flexibility index (Phi) is 7.20. The molecule has 3 nitrogen and oxygen atoms in total. The smallest absolute Gasteiger partial charge is 0.135 e. The zero-order chi connectivity index (χ0) is 11.0. The highest BCUT2D eigenvalue weighted by atomic mass is 32.2. The van der Waals surface area contributed by atoms with Crippen molar-refractivity contribution in [1.29, 1.82) is 0 Å². The van der Waals surface area contributed by atoms with E-state index in [-0.39, 0.29) is 0 Å². The summed E-state index contributed by atoms with van der Waals surface area (Å²) < 4.78 is 4.27. The molecule has 0 saturated heterocycles. The third-order valence-electron chi connectivity index (χ3n) is 1.69. The minimum Gasteiger partial charge on any atom is -0.381 e. The van der Waals surface area contributed by atoms with E-state index in [2.05, 4.69) is 29.6 Å². The Hall–Kier alpha value is -0.770. The van der Waals surface area contributed by atoms with Crippen LogP contribution in [0.25, 0.3) is 0 Å². The third-order valence-corrected chi connectivity index (χ3v) is 2.49. The summed E-state index contributed by atoms with van der Waals surface area (Å²) in [5, 5.41) is 0. The van der Waals surface area contributed by atoms with Gasteiger partial charge in [0.25, 0.3) is 0 Å². The lowest BCUT2D eigenvalue weighted by Crippen LogP contribution is -2.11. The molecule has 0 bridgehead atoms. The molecule has 0 aromatic rings. The molecule has 0 amide bonds. The summed E-state index contributed by atoms with van der Waals surface area (Å²) in [6, 6.07) is 0. The monoisotopic (exact) mass is 213 g/mol. The van der Waals surface area contributed by atoms with Gasteiger partial charge in [-0.2, -0.15) is 0 Å². The van der Waals surface area contributed by atoms with Crippen LogP contribution in [0.4, 0.5) is 0 Å². The minimum atomic E-state index is 0.801. The van der Waals surface area contributed by atoms with Crippen molar-refractivity contribution in [1.82, 2.24) is 4.90 Å². The molecule has 0 radical (unpaired) electrons. The van der Waals surface area contributed by atoms with E-state index >= 15 is 0 Å². The summed E-state index contributed by atoms with van der Waals surface area (Å²) >= 11 is 1.48. The molecule has 0 saturated carbocycles. The lowest BCUT2D eigenvalue weighted by Gasteiger charge is -2.13. The Bertz CT molecular complexity index is 221. The second-order valence-corrected chi connectivity index (χ2v) is 3.88. The van der Waals surface area contributed by atoms with E-state index in [1.807, 2.05) is 19.0 Å². The van der Waals surface area contributed by atoms with E-state index in [0.29, 0.717) is 0 Å². The predicted octanol–water partition coefficient (Wildman–Crippen LogP) is 2.61. The summed E-state index contributed by atoms with van der Waals surface area (Å²) in [4.78, 5) is 5.84. The zero-order valence-corrected chi connectivity index (χ0v) is 10.1. The van der Waals surface area contributed by atoms with Crippen LogP contribution in [-0.4, -0.2) is 37.3 Å². The van der Waals surface area contributed by atoms with E-state index in [4.69, 9.17) is 0 Å². The van der Waals surface area contributed by atoms with Gasteiger partial charge >= 0.3 is 0 Å². The molecule has 0 rings (SSSR count). The van der Waals surface area contributed by atoms with Gasteiger partial charge in [-0.15, -0.1) is 0 Å². The Labute approximate surface area is 91.1 Å². The molecule has 14 heavy (non-hydrogen) atoms. The van der Waals surface area contributed by atoms with Crippen molar-refractivity contribution in [2.45, 2.75) is 19.8 Å². The quantitative estimate of drug-likeness (QED) is 0.385. The maximum atomic E-state index is 4.27. The Morgan fingerprint density at radius 3 is 2.50 bits per heavy atom. The molecule has 0 unspecified atom stereocenters. The average Bonchev–Trinajstić information content (AvgIpc) is 2.16. The summed E-state index contributed by atoms with van der Waals surface area (Å²) in [7, 11) is 3.95. The maximum Gasteiger partial charge on any atom is 0.135 e. The number of nitrogens with zero attached hydrogens (tertiary/aromatic N) is 3. The van der Waals surface area contributed by atoms with E-state index in [9.17, 15) is 0 Å². The van der Waals surface area contributed by atoms with Crippen molar-refractivity contribution in [2.75, 3.05) is 19.8 Å². The maximum absolute atomic E-state index is 4.27. The Balaban J connectivity index is 3.89. The van der Waals surface area contributed by atoms with Crippen LogP contribution in [0, 0.1) is 0 Å². The van der Waals surface area contributed by atoms with Crippen LogP contribution in [0.15, 0.2) is 21.7 Å². The number of amidine groups is 1. The molecule has 0 heterocycles. The molecule has 4 heteroatoms. The molecular formula is C10H19N3S. The zero-order valence-electron chi connectivity index (χ0n) is 9.29. The van der Waals surface area contributed by atoms with Gasteiger partial charge in [-0.1, -0.05) is 13.5 Å².